The van der Waals surface area contributed by atoms with Crippen LogP contribution in [0, 0.1) is 6.92 Å². The number of hydrogen-bond acceptors (Lipinski definition) is 3. The molecule has 0 amide bonds. The Morgan fingerprint density at radius 1 is 1.27 bits per heavy atom. The number of hydrogen-bond donors (Lipinski definition) is 0. The number of aliphatic imine (C=N–C) groups is 1. The van der Waals surface area contributed by atoms with Gasteiger partial charge in [0.05, 0.1) is 13.2 Å². The smallest absolute Gasteiger partial charge is 0.234 e. The highest BCUT2D eigenvalue weighted by Gasteiger charge is 1.92. The summed E-state index contributed by atoms with van der Waals surface area (Å²) in [6.07, 6.45) is 3.28. The maximum Gasteiger partial charge on any atom is 0.234 e. The van der Waals surface area contributed by atoms with E-state index in [1.54, 1.807) is 0 Å². The number of unbranched alkanes of at least 4 members (excludes halogenated alkanes) is 1. The molecule has 0 aliphatic heterocycles. The molecule has 0 heterocycles. The Bertz CT molecular complexity index is 326. The lowest BCUT2D eigenvalue weighted by Crippen LogP contribution is -1.98. The van der Waals surface area contributed by atoms with Crippen LogP contribution in [0.25, 0.3) is 0 Å². The van der Waals surface area contributed by atoms with E-state index in [1.165, 1.54) is 11.6 Å². The molecule has 0 unspecified atom stereocenters. The number of aryl methyl sites for hydroxylation is 1. The van der Waals surface area contributed by atoms with Gasteiger partial charge in [-0.3, -0.25) is 0 Å². The highest BCUT2D eigenvalue weighted by Crippen LogP contribution is 2.11. The van der Waals surface area contributed by atoms with Gasteiger partial charge >= 0.3 is 0 Å². The van der Waals surface area contributed by atoms with Crippen molar-refractivity contribution >= 4 is 6.08 Å². The molecule has 0 saturated heterocycles. The van der Waals surface area contributed by atoms with Crippen LogP contribution in [0.3, 0.4) is 0 Å². The highest BCUT2D eigenvalue weighted by atomic mass is 16.5. The zero-order chi connectivity index (χ0) is 10.9. The summed E-state index contributed by atoms with van der Waals surface area (Å²) in [6.45, 7) is 3.25. The third kappa shape index (κ3) is 4.99. The number of ether oxygens (including phenoxy) is 1. The molecule has 3 nitrogen and oxygen atoms in total. The fourth-order valence-corrected chi connectivity index (χ4v) is 1.16. The van der Waals surface area contributed by atoms with E-state index in [0.717, 1.165) is 18.6 Å². The van der Waals surface area contributed by atoms with Gasteiger partial charge in [0.15, 0.2) is 0 Å². The first kappa shape index (κ1) is 11.5. The van der Waals surface area contributed by atoms with Crippen LogP contribution in [-0.4, -0.2) is 19.2 Å². The fraction of sp³-hybridized carbons (Fsp3) is 0.417. The average molecular weight is 205 g/mol. The summed E-state index contributed by atoms with van der Waals surface area (Å²) in [5, 5.41) is 0. The summed E-state index contributed by atoms with van der Waals surface area (Å²) in [7, 11) is 0. The second-order valence-corrected chi connectivity index (χ2v) is 3.34. The summed E-state index contributed by atoms with van der Waals surface area (Å²) in [6, 6.07) is 7.95. The number of rotatable bonds is 6. The van der Waals surface area contributed by atoms with Gasteiger partial charge in [0.2, 0.25) is 6.08 Å². The van der Waals surface area contributed by atoms with Crippen molar-refractivity contribution in [3.8, 4) is 5.75 Å². The zero-order valence-electron chi connectivity index (χ0n) is 8.90. The molecule has 0 spiro atoms. The molecule has 0 aliphatic rings. The summed E-state index contributed by atoms with van der Waals surface area (Å²) < 4.78 is 5.50. The van der Waals surface area contributed by atoms with Crippen molar-refractivity contribution < 1.29 is 9.53 Å². The van der Waals surface area contributed by atoms with Crippen molar-refractivity contribution in [2.45, 2.75) is 19.8 Å². The highest BCUT2D eigenvalue weighted by molar-refractivity contribution is 5.32. The van der Waals surface area contributed by atoms with Gasteiger partial charge in [0.1, 0.15) is 5.75 Å². The van der Waals surface area contributed by atoms with Crippen LogP contribution in [0.1, 0.15) is 18.4 Å². The first-order chi connectivity index (χ1) is 7.33. The lowest BCUT2D eigenvalue weighted by atomic mass is 10.2. The lowest BCUT2D eigenvalue weighted by Gasteiger charge is -2.05. The van der Waals surface area contributed by atoms with E-state index in [9.17, 15) is 4.79 Å². The van der Waals surface area contributed by atoms with Crippen LogP contribution < -0.4 is 4.74 Å². The minimum Gasteiger partial charge on any atom is -0.494 e. The maximum absolute atomic E-state index is 9.77. The van der Waals surface area contributed by atoms with Gasteiger partial charge in [-0.25, -0.2) is 9.79 Å². The van der Waals surface area contributed by atoms with E-state index in [4.69, 9.17) is 4.74 Å². The first-order valence-electron chi connectivity index (χ1n) is 5.06. The second kappa shape index (κ2) is 6.80. The summed E-state index contributed by atoms with van der Waals surface area (Å²) in [5.41, 5.74) is 1.22. The summed E-state index contributed by atoms with van der Waals surface area (Å²) >= 11 is 0. The molecule has 0 bridgehead atoms. The Morgan fingerprint density at radius 2 is 2.00 bits per heavy atom. The van der Waals surface area contributed by atoms with Gasteiger partial charge in [-0.05, 0) is 31.9 Å². The van der Waals surface area contributed by atoms with Crippen LogP contribution in [0.2, 0.25) is 0 Å². The molecule has 0 radical (unpaired) electrons. The summed E-state index contributed by atoms with van der Waals surface area (Å²) in [5.74, 6) is 0.888. The minimum absolute atomic E-state index is 0.542. The van der Waals surface area contributed by atoms with Crippen molar-refractivity contribution in [3.63, 3.8) is 0 Å². The maximum atomic E-state index is 9.77. The van der Waals surface area contributed by atoms with E-state index in [1.807, 2.05) is 31.2 Å². The molecule has 0 fully saturated rings. The third-order valence-corrected chi connectivity index (χ3v) is 2.02. The van der Waals surface area contributed by atoms with Crippen molar-refractivity contribution in [3.05, 3.63) is 29.8 Å². The van der Waals surface area contributed by atoms with Crippen LogP contribution in [0.4, 0.5) is 0 Å². The summed E-state index contributed by atoms with van der Waals surface area (Å²) in [4.78, 5) is 13.2. The minimum atomic E-state index is 0.542. The monoisotopic (exact) mass is 205 g/mol. The molecule has 0 N–H and O–H groups in total. The van der Waals surface area contributed by atoms with Crippen LogP contribution in [0.15, 0.2) is 29.3 Å². The Balaban J connectivity index is 2.15. The van der Waals surface area contributed by atoms with E-state index >= 15 is 0 Å². The molecule has 0 aliphatic carbocycles. The number of nitrogens with zero attached hydrogens (tertiary/aromatic N) is 1. The molecule has 80 valence electrons. The Hall–Kier alpha value is -1.60. The van der Waals surface area contributed by atoms with Crippen molar-refractivity contribution in [2.24, 2.45) is 4.99 Å². The van der Waals surface area contributed by atoms with Crippen molar-refractivity contribution in [1.29, 1.82) is 0 Å². The number of isocyanates is 1. The lowest BCUT2D eigenvalue weighted by molar-refractivity contribution is 0.308. The van der Waals surface area contributed by atoms with Crippen molar-refractivity contribution in [2.75, 3.05) is 13.2 Å². The standard InChI is InChI=1S/C12H15NO2/c1-11-4-6-12(7-5-11)15-9-3-2-8-13-10-14/h4-7H,2-3,8-9H2,1H3. The topological polar surface area (TPSA) is 38.7 Å². The van der Waals surface area contributed by atoms with Gasteiger partial charge in [0, 0.05) is 0 Å². The molecule has 0 aromatic heterocycles. The van der Waals surface area contributed by atoms with Gasteiger partial charge in [-0.1, -0.05) is 17.7 Å². The third-order valence-electron chi connectivity index (χ3n) is 2.02. The molecule has 0 saturated carbocycles. The van der Waals surface area contributed by atoms with Gasteiger partial charge in [0.25, 0.3) is 0 Å². The fourth-order valence-electron chi connectivity index (χ4n) is 1.16. The van der Waals surface area contributed by atoms with E-state index < -0.39 is 0 Å². The van der Waals surface area contributed by atoms with Gasteiger partial charge in [-0.15, -0.1) is 0 Å². The molecule has 1 aromatic rings. The van der Waals surface area contributed by atoms with Crippen LogP contribution in [-0.2, 0) is 4.79 Å². The van der Waals surface area contributed by atoms with Gasteiger partial charge in [-0.2, -0.15) is 0 Å². The molecular formula is C12H15NO2. The SMILES string of the molecule is Cc1ccc(OCCCCN=C=O)cc1. The Labute approximate surface area is 89.8 Å². The number of benzene rings is 1. The van der Waals surface area contributed by atoms with E-state index in [-0.39, 0.29) is 0 Å². The van der Waals surface area contributed by atoms with Crippen LogP contribution in [0.5, 0.6) is 5.75 Å². The normalized spacial score (nSPS) is 9.40. The first-order valence-corrected chi connectivity index (χ1v) is 5.06. The predicted molar refractivity (Wildman–Crippen MR) is 58.9 cm³/mol. The molecular weight excluding hydrogens is 190 g/mol. The Kier molecular flexibility index (Phi) is 5.20. The van der Waals surface area contributed by atoms with Crippen molar-refractivity contribution in [1.82, 2.24) is 0 Å². The largest absolute Gasteiger partial charge is 0.494 e. The molecule has 3 heteroatoms. The number of carbonyl (C=O) groups excluding carboxylic acids is 1. The predicted octanol–water partition coefficient (Wildman–Crippen LogP) is 2.49. The van der Waals surface area contributed by atoms with Gasteiger partial charge < -0.3 is 4.74 Å². The van der Waals surface area contributed by atoms with E-state index in [2.05, 4.69) is 4.99 Å². The van der Waals surface area contributed by atoms with Crippen LogP contribution >= 0.6 is 0 Å². The molecule has 1 rings (SSSR count). The Morgan fingerprint density at radius 3 is 2.67 bits per heavy atom. The molecule has 1 aromatic carbocycles. The molecule has 0 atom stereocenters. The van der Waals surface area contributed by atoms with E-state index in [0.29, 0.717) is 13.2 Å². The zero-order valence-corrected chi connectivity index (χ0v) is 8.90. The molecule has 15 heavy (non-hydrogen) atoms. The average Bonchev–Trinajstić information content (AvgIpc) is 2.26. The second-order valence-electron chi connectivity index (χ2n) is 3.34. The quantitative estimate of drug-likeness (QED) is 0.406.